The van der Waals surface area contributed by atoms with Crippen LogP contribution in [0.5, 0.6) is 0 Å². The highest BCUT2D eigenvalue weighted by Crippen LogP contribution is 2.20. The van der Waals surface area contributed by atoms with Crippen molar-refractivity contribution in [3.8, 4) is 11.6 Å². The summed E-state index contributed by atoms with van der Waals surface area (Å²) in [7, 11) is -3.62. The molecule has 0 unspecified atom stereocenters. The number of nitrogens with zero attached hydrogens (tertiary/aromatic N) is 4. The number of hydrogen-bond acceptors (Lipinski definition) is 6. The molecule has 166 valence electrons. The number of aromatic nitrogens is 4. The smallest absolute Gasteiger partial charge is 0.386 e. The summed E-state index contributed by atoms with van der Waals surface area (Å²) in [5.41, 5.74) is 2.19. The summed E-state index contributed by atoms with van der Waals surface area (Å²) < 4.78 is 33.1. The van der Waals surface area contributed by atoms with Crippen molar-refractivity contribution >= 4 is 33.0 Å². The van der Waals surface area contributed by atoms with Gasteiger partial charge in [0, 0.05) is 22.3 Å². The zero-order chi connectivity index (χ0) is 22.9. The zero-order valence-electron chi connectivity index (χ0n) is 16.9. The highest BCUT2D eigenvalue weighted by molar-refractivity contribution is 7.91. The Morgan fingerprint density at radius 1 is 1.00 bits per heavy atom. The van der Waals surface area contributed by atoms with E-state index in [-0.39, 0.29) is 23.1 Å². The molecule has 8 nitrogen and oxygen atoms in total. The van der Waals surface area contributed by atoms with Crippen molar-refractivity contribution in [2.24, 2.45) is 0 Å². The normalized spacial score (nSPS) is 11.7. The summed E-state index contributed by atoms with van der Waals surface area (Å²) in [4.78, 5) is 16.7. The third-order valence-electron chi connectivity index (χ3n) is 4.92. The molecule has 2 aromatic carbocycles. The van der Waals surface area contributed by atoms with Crippen LogP contribution in [-0.4, -0.2) is 33.5 Å². The fourth-order valence-corrected chi connectivity index (χ4v) is 4.56. The van der Waals surface area contributed by atoms with Crippen LogP contribution in [0.2, 0.25) is 10.0 Å². The number of sulfone groups is 1. The Balaban J connectivity index is 1.51. The minimum absolute atomic E-state index is 0.0336. The second-order valence-electron chi connectivity index (χ2n) is 7.10. The van der Waals surface area contributed by atoms with Crippen molar-refractivity contribution in [3.63, 3.8) is 0 Å². The molecule has 2 aromatic heterocycles. The number of benzene rings is 2. The standard InChI is InChI=1S/C21H18Cl2N4O4S/c1-14-19(24-13-26(14)12-15-2-4-16(22)5-3-15)20-25-27(21(28)31-20)10-11-32(29,30)18-8-6-17(23)7-9-18/h2-9,13H,10-12H2,1H3. The summed E-state index contributed by atoms with van der Waals surface area (Å²) in [6, 6.07) is 13.3. The summed E-state index contributed by atoms with van der Waals surface area (Å²) >= 11 is 11.7. The lowest BCUT2D eigenvalue weighted by molar-refractivity contribution is 0.488. The maximum atomic E-state index is 12.5. The molecule has 0 saturated heterocycles. The Labute approximate surface area is 194 Å². The second kappa shape index (κ2) is 8.93. The maximum absolute atomic E-state index is 12.5. The molecule has 0 aliphatic rings. The van der Waals surface area contributed by atoms with Crippen molar-refractivity contribution in [2.75, 3.05) is 5.75 Å². The third kappa shape index (κ3) is 4.79. The van der Waals surface area contributed by atoms with Gasteiger partial charge in [-0.05, 0) is 48.9 Å². The first-order valence-electron chi connectivity index (χ1n) is 9.56. The number of hydrogen-bond donors (Lipinski definition) is 0. The van der Waals surface area contributed by atoms with Gasteiger partial charge in [-0.2, -0.15) is 4.68 Å². The van der Waals surface area contributed by atoms with Crippen LogP contribution in [0.1, 0.15) is 11.3 Å². The molecule has 0 amide bonds. The van der Waals surface area contributed by atoms with E-state index in [4.69, 9.17) is 27.6 Å². The van der Waals surface area contributed by atoms with Gasteiger partial charge < -0.3 is 8.98 Å². The van der Waals surface area contributed by atoms with Gasteiger partial charge in [0.15, 0.2) is 9.84 Å². The van der Waals surface area contributed by atoms with E-state index in [2.05, 4.69) is 10.1 Å². The van der Waals surface area contributed by atoms with E-state index in [0.717, 1.165) is 15.9 Å². The van der Waals surface area contributed by atoms with Crippen LogP contribution in [0.25, 0.3) is 11.6 Å². The van der Waals surface area contributed by atoms with Gasteiger partial charge in [0.2, 0.25) is 0 Å². The van der Waals surface area contributed by atoms with Crippen molar-refractivity contribution in [1.29, 1.82) is 0 Å². The average Bonchev–Trinajstić information content (AvgIpc) is 3.31. The molecule has 0 radical (unpaired) electrons. The third-order valence-corrected chi connectivity index (χ3v) is 7.13. The van der Waals surface area contributed by atoms with Gasteiger partial charge >= 0.3 is 5.76 Å². The molecule has 32 heavy (non-hydrogen) atoms. The van der Waals surface area contributed by atoms with Crippen LogP contribution in [0, 0.1) is 6.92 Å². The number of aryl methyl sites for hydroxylation is 1. The van der Waals surface area contributed by atoms with Crippen molar-refractivity contribution in [1.82, 2.24) is 19.3 Å². The van der Waals surface area contributed by atoms with Crippen molar-refractivity contribution < 1.29 is 12.8 Å². The Morgan fingerprint density at radius 3 is 2.28 bits per heavy atom. The van der Waals surface area contributed by atoms with E-state index in [0.29, 0.717) is 22.3 Å². The molecule has 0 N–H and O–H groups in total. The first-order chi connectivity index (χ1) is 15.2. The monoisotopic (exact) mass is 492 g/mol. The molecule has 0 spiro atoms. The number of rotatable bonds is 7. The van der Waals surface area contributed by atoms with E-state index >= 15 is 0 Å². The maximum Gasteiger partial charge on any atom is 0.437 e. The highest BCUT2D eigenvalue weighted by Gasteiger charge is 2.20. The van der Waals surface area contributed by atoms with Gasteiger partial charge in [-0.15, -0.1) is 5.10 Å². The predicted molar refractivity (Wildman–Crippen MR) is 121 cm³/mol. The molecule has 11 heteroatoms. The Bertz CT molecular complexity index is 1410. The molecule has 0 fully saturated rings. The molecule has 0 saturated carbocycles. The van der Waals surface area contributed by atoms with E-state index in [1.807, 2.05) is 35.8 Å². The van der Waals surface area contributed by atoms with Gasteiger partial charge in [0.05, 0.1) is 23.5 Å². The quantitative estimate of drug-likeness (QED) is 0.388. The van der Waals surface area contributed by atoms with Crippen LogP contribution >= 0.6 is 23.2 Å². The van der Waals surface area contributed by atoms with Crippen LogP contribution in [-0.2, 0) is 22.9 Å². The zero-order valence-corrected chi connectivity index (χ0v) is 19.2. The molecule has 0 atom stereocenters. The Hall–Kier alpha value is -2.88. The lowest BCUT2D eigenvalue weighted by Crippen LogP contribution is -2.21. The van der Waals surface area contributed by atoms with E-state index < -0.39 is 15.6 Å². The Kier molecular flexibility index (Phi) is 6.23. The predicted octanol–water partition coefficient (Wildman–Crippen LogP) is 3.84. The fraction of sp³-hybridized carbons (Fsp3) is 0.190. The van der Waals surface area contributed by atoms with Gasteiger partial charge in [-0.1, -0.05) is 35.3 Å². The van der Waals surface area contributed by atoms with Gasteiger partial charge in [-0.25, -0.2) is 18.2 Å². The van der Waals surface area contributed by atoms with E-state index in [9.17, 15) is 13.2 Å². The second-order valence-corrected chi connectivity index (χ2v) is 10.1. The van der Waals surface area contributed by atoms with E-state index in [1.54, 1.807) is 6.33 Å². The number of halogens is 2. The van der Waals surface area contributed by atoms with Crippen LogP contribution in [0.3, 0.4) is 0 Å². The molecule has 4 rings (SSSR count). The molecule has 0 aliphatic carbocycles. The largest absolute Gasteiger partial charge is 0.437 e. The highest BCUT2D eigenvalue weighted by atomic mass is 35.5. The summed E-state index contributed by atoms with van der Waals surface area (Å²) in [5.74, 6) is -1.03. The summed E-state index contributed by atoms with van der Waals surface area (Å²) in [5, 5.41) is 5.23. The molecular formula is C21H18Cl2N4O4S. The van der Waals surface area contributed by atoms with Crippen molar-refractivity contribution in [2.45, 2.75) is 24.9 Å². The molecule has 4 aromatic rings. The van der Waals surface area contributed by atoms with E-state index in [1.165, 1.54) is 24.3 Å². The van der Waals surface area contributed by atoms with Crippen molar-refractivity contribution in [3.05, 3.63) is 86.7 Å². The van der Waals surface area contributed by atoms with Crippen LogP contribution < -0.4 is 5.76 Å². The molecular weight excluding hydrogens is 475 g/mol. The number of imidazole rings is 1. The van der Waals surface area contributed by atoms with Gasteiger partial charge in [-0.3, -0.25) is 0 Å². The topological polar surface area (TPSA) is 100.0 Å². The summed E-state index contributed by atoms with van der Waals surface area (Å²) in [6.07, 6.45) is 1.63. The molecule has 0 bridgehead atoms. The van der Waals surface area contributed by atoms with Crippen LogP contribution in [0.4, 0.5) is 0 Å². The van der Waals surface area contributed by atoms with Crippen LogP contribution in [0.15, 0.2) is 69.0 Å². The lowest BCUT2D eigenvalue weighted by atomic mass is 10.2. The minimum atomic E-state index is -3.62. The lowest BCUT2D eigenvalue weighted by Gasteiger charge is -2.05. The fourth-order valence-electron chi connectivity index (χ4n) is 3.11. The van der Waals surface area contributed by atoms with Gasteiger partial charge in [0.1, 0.15) is 5.69 Å². The first-order valence-corrected chi connectivity index (χ1v) is 12.0. The minimum Gasteiger partial charge on any atom is -0.386 e. The summed E-state index contributed by atoms with van der Waals surface area (Å²) in [6.45, 7) is 2.24. The Morgan fingerprint density at radius 2 is 1.62 bits per heavy atom. The molecule has 0 aliphatic heterocycles. The molecule has 2 heterocycles. The average molecular weight is 493 g/mol. The SMILES string of the molecule is Cc1c(-c2nn(CCS(=O)(=O)c3ccc(Cl)cc3)c(=O)o2)ncn1Cc1ccc(Cl)cc1. The van der Waals surface area contributed by atoms with Gasteiger partial charge in [0.25, 0.3) is 5.89 Å². The first kappa shape index (κ1) is 22.3.